The van der Waals surface area contributed by atoms with Gasteiger partial charge in [-0.1, -0.05) is 59.6 Å². The lowest BCUT2D eigenvalue weighted by atomic mass is 10.1. The lowest BCUT2D eigenvalue weighted by molar-refractivity contribution is 0.606. The number of alkyl halides is 1. The van der Waals surface area contributed by atoms with Gasteiger partial charge in [-0.15, -0.1) is 11.8 Å². The maximum Gasteiger partial charge on any atom is 0.0960 e. The van der Waals surface area contributed by atoms with Crippen LogP contribution in [0.2, 0.25) is 5.02 Å². The highest BCUT2D eigenvalue weighted by Gasteiger charge is 1.96. The van der Waals surface area contributed by atoms with Gasteiger partial charge < -0.3 is 0 Å². The number of hydrogen-bond donors (Lipinski definition) is 0. The van der Waals surface area contributed by atoms with Gasteiger partial charge in [0.15, 0.2) is 0 Å². The fourth-order valence-corrected chi connectivity index (χ4v) is 3.06. The highest BCUT2D eigenvalue weighted by Crippen LogP contribution is 2.19. The number of nitrogens with zero attached hydrogens (tertiary/aromatic N) is 1. The molecule has 0 aliphatic carbocycles. The van der Waals surface area contributed by atoms with Crippen molar-refractivity contribution in [3.05, 3.63) is 23.4 Å². The Morgan fingerprint density at radius 3 is 2.28 bits per heavy atom. The minimum atomic E-state index is 0.711. The topological polar surface area (TPSA) is 12.9 Å². The van der Waals surface area contributed by atoms with Gasteiger partial charge in [0, 0.05) is 11.5 Å². The largest absolute Gasteiger partial charge is 0.248 e. The molecule has 1 rings (SSSR count). The molecule has 1 nitrogen and oxygen atoms in total. The Morgan fingerprint density at radius 1 is 1.00 bits per heavy atom. The van der Waals surface area contributed by atoms with E-state index in [1.54, 1.807) is 6.20 Å². The molecule has 1 heterocycles. The van der Waals surface area contributed by atoms with E-state index in [-0.39, 0.29) is 0 Å². The molecule has 4 heteroatoms. The van der Waals surface area contributed by atoms with E-state index in [0.717, 1.165) is 16.1 Å². The Bertz CT molecular complexity index is 305. The first kappa shape index (κ1) is 16.3. The molecule has 0 aromatic carbocycles. The third-order valence-corrected chi connectivity index (χ3v) is 4.54. The van der Waals surface area contributed by atoms with Crippen LogP contribution in [-0.2, 0) is 0 Å². The van der Waals surface area contributed by atoms with Gasteiger partial charge in [-0.3, -0.25) is 0 Å². The van der Waals surface area contributed by atoms with E-state index in [1.165, 1.54) is 44.9 Å². The third-order valence-electron chi connectivity index (χ3n) is 2.73. The molecule has 0 atom stereocenters. The molecule has 0 amide bonds. The second-order valence-electron chi connectivity index (χ2n) is 4.33. The monoisotopic (exact) mass is 349 g/mol. The first-order valence-corrected chi connectivity index (χ1v) is 9.12. The third kappa shape index (κ3) is 8.39. The van der Waals surface area contributed by atoms with E-state index < -0.39 is 0 Å². The molecule has 0 N–H and O–H groups in total. The smallest absolute Gasteiger partial charge is 0.0960 e. The van der Waals surface area contributed by atoms with Crippen molar-refractivity contribution >= 4 is 39.3 Å². The SMILES string of the molecule is Clc1ccc(SCCCCCCCCCBr)nc1. The summed E-state index contributed by atoms with van der Waals surface area (Å²) in [6, 6.07) is 3.90. The van der Waals surface area contributed by atoms with Gasteiger partial charge in [0.2, 0.25) is 0 Å². The molecule has 1 aromatic heterocycles. The first-order chi connectivity index (χ1) is 8.83. The second kappa shape index (κ2) is 11.1. The summed E-state index contributed by atoms with van der Waals surface area (Å²) in [6.07, 6.45) is 11.2. The number of rotatable bonds is 10. The van der Waals surface area contributed by atoms with Crippen molar-refractivity contribution in [1.82, 2.24) is 4.98 Å². The van der Waals surface area contributed by atoms with Gasteiger partial charge in [0.25, 0.3) is 0 Å². The van der Waals surface area contributed by atoms with E-state index in [9.17, 15) is 0 Å². The zero-order valence-corrected chi connectivity index (χ0v) is 13.9. The van der Waals surface area contributed by atoms with Gasteiger partial charge >= 0.3 is 0 Å². The molecule has 0 saturated heterocycles. The molecule has 18 heavy (non-hydrogen) atoms. The molecule has 0 fully saturated rings. The summed E-state index contributed by atoms with van der Waals surface area (Å²) in [5.74, 6) is 1.16. The van der Waals surface area contributed by atoms with Crippen LogP contribution in [0.5, 0.6) is 0 Å². The first-order valence-electron chi connectivity index (χ1n) is 6.63. The summed E-state index contributed by atoms with van der Waals surface area (Å²) in [5.41, 5.74) is 0. The maximum atomic E-state index is 5.79. The van der Waals surface area contributed by atoms with Crippen molar-refractivity contribution in [2.24, 2.45) is 0 Å². The summed E-state index contributed by atoms with van der Waals surface area (Å²) in [5, 5.41) is 2.94. The highest BCUT2D eigenvalue weighted by atomic mass is 79.9. The van der Waals surface area contributed by atoms with Crippen LogP contribution < -0.4 is 0 Å². The molecule has 102 valence electrons. The van der Waals surface area contributed by atoms with Crippen molar-refractivity contribution in [3.8, 4) is 0 Å². The van der Waals surface area contributed by atoms with E-state index in [0.29, 0.717) is 5.02 Å². The van der Waals surface area contributed by atoms with Crippen LogP contribution in [0, 0.1) is 0 Å². The fraction of sp³-hybridized carbons (Fsp3) is 0.643. The Morgan fingerprint density at radius 2 is 1.67 bits per heavy atom. The number of hydrogen-bond acceptors (Lipinski definition) is 2. The Kier molecular flexibility index (Phi) is 10.1. The molecule has 0 spiro atoms. The van der Waals surface area contributed by atoms with Crippen molar-refractivity contribution in [1.29, 1.82) is 0 Å². The van der Waals surface area contributed by atoms with Crippen LogP contribution in [-0.4, -0.2) is 16.1 Å². The Hall–Kier alpha value is 0.270. The van der Waals surface area contributed by atoms with Gasteiger partial charge in [-0.2, -0.15) is 0 Å². The lowest BCUT2D eigenvalue weighted by Gasteiger charge is -2.02. The minimum Gasteiger partial charge on any atom is -0.248 e. The van der Waals surface area contributed by atoms with Crippen LogP contribution >= 0.6 is 39.3 Å². The predicted molar refractivity (Wildman–Crippen MR) is 86.1 cm³/mol. The van der Waals surface area contributed by atoms with Crippen LogP contribution in [0.3, 0.4) is 0 Å². The molecule has 0 unspecified atom stereocenters. The quantitative estimate of drug-likeness (QED) is 0.293. The molecule has 0 saturated carbocycles. The van der Waals surface area contributed by atoms with Crippen molar-refractivity contribution < 1.29 is 0 Å². The zero-order valence-electron chi connectivity index (χ0n) is 10.7. The van der Waals surface area contributed by atoms with Crippen molar-refractivity contribution in [2.75, 3.05) is 11.1 Å². The van der Waals surface area contributed by atoms with Crippen LogP contribution in [0.1, 0.15) is 44.9 Å². The number of pyridine rings is 1. The standard InChI is InChI=1S/C14H21BrClNS/c15-10-6-4-2-1-3-5-7-11-18-14-9-8-13(16)12-17-14/h8-9,12H,1-7,10-11H2. The van der Waals surface area contributed by atoms with Crippen LogP contribution in [0.4, 0.5) is 0 Å². The van der Waals surface area contributed by atoms with Gasteiger partial charge in [0.1, 0.15) is 0 Å². The molecule has 0 bridgehead atoms. The number of aromatic nitrogens is 1. The Balaban J connectivity index is 1.91. The van der Waals surface area contributed by atoms with Gasteiger partial charge in [-0.25, -0.2) is 4.98 Å². The zero-order chi connectivity index (χ0) is 13.1. The Labute approximate surface area is 128 Å². The van der Waals surface area contributed by atoms with Gasteiger partial charge in [0.05, 0.1) is 10.0 Å². The molecular weight excluding hydrogens is 330 g/mol. The van der Waals surface area contributed by atoms with E-state index in [4.69, 9.17) is 11.6 Å². The average Bonchev–Trinajstić information content (AvgIpc) is 2.39. The normalized spacial score (nSPS) is 10.8. The second-order valence-corrected chi connectivity index (χ2v) is 6.67. The summed E-state index contributed by atoms with van der Waals surface area (Å²) in [6.45, 7) is 0. The number of unbranched alkanes of at least 4 members (excludes halogenated alkanes) is 6. The number of halogens is 2. The molecule has 0 aliphatic rings. The highest BCUT2D eigenvalue weighted by molar-refractivity contribution is 9.09. The van der Waals surface area contributed by atoms with Crippen molar-refractivity contribution in [3.63, 3.8) is 0 Å². The molecule has 0 aliphatic heterocycles. The lowest BCUT2D eigenvalue weighted by Crippen LogP contribution is -1.85. The molecular formula is C14H21BrClNS. The van der Waals surface area contributed by atoms with E-state index in [1.807, 2.05) is 23.9 Å². The van der Waals surface area contributed by atoms with Crippen molar-refractivity contribution in [2.45, 2.75) is 50.0 Å². The summed E-state index contributed by atoms with van der Waals surface area (Å²) < 4.78 is 0. The predicted octanol–water partition coefficient (Wildman–Crippen LogP) is 5.95. The van der Waals surface area contributed by atoms with E-state index in [2.05, 4.69) is 20.9 Å². The van der Waals surface area contributed by atoms with E-state index >= 15 is 0 Å². The fourth-order valence-electron chi connectivity index (χ4n) is 1.70. The van der Waals surface area contributed by atoms with Crippen LogP contribution in [0.25, 0.3) is 0 Å². The summed E-state index contributed by atoms with van der Waals surface area (Å²) in [7, 11) is 0. The number of thioether (sulfide) groups is 1. The molecule has 1 aromatic rings. The average molecular weight is 351 g/mol. The van der Waals surface area contributed by atoms with Gasteiger partial charge in [-0.05, 0) is 30.7 Å². The van der Waals surface area contributed by atoms with Crippen LogP contribution in [0.15, 0.2) is 23.4 Å². The summed E-state index contributed by atoms with van der Waals surface area (Å²) >= 11 is 11.1. The maximum absolute atomic E-state index is 5.79. The summed E-state index contributed by atoms with van der Waals surface area (Å²) in [4.78, 5) is 4.27. The molecule has 0 radical (unpaired) electrons. The minimum absolute atomic E-state index is 0.711.